The number of alkyl carbamates (subject to hydrolysis) is 1. The first kappa shape index (κ1) is 17.3. The number of carbonyl (C=O) groups is 2. The van der Waals surface area contributed by atoms with Gasteiger partial charge in [-0.25, -0.2) is 4.79 Å². The molecular formula is C17H30N2O3. The first-order valence-electron chi connectivity index (χ1n) is 8.56. The zero-order valence-corrected chi connectivity index (χ0v) is 14.1. The van der Waals surface area contributed by atoms with E-state index in [1.54, 1.807) is 0 Å². The van der Waals surface area contributed by atoms with Crippen molar-refractivity contribution in [2.75, 3.05) is 13.1 Å². The molecule has 22 heavy (non-hydrogen) atoms. The standard InChI is InChI=1S/C17H30N2O3/c1-17(2,3)22-16(21)18-14-4-6-15(7-5-14)19-10-8-13(12-20)9-11-19/h12-15H,4-11H2,1-3H3,(H,18,21). The van der Waals surface area contributed by atoms with E-state index in [1.807, 2.05) is 20.8 Å². The molecule has 0 atom stereocenters. The molecule has 0 bridgehead atoms. The highest BCUT2D eigenvalue weighted by atomic mass is 16.6. The molecule has 0 radical (unpaired) electrons. The third kappa shape index (κ3) is 5.27. The third-order valence-electron chi connectivity index (χ3n) is 4.70. The van der Waals surface area contributed by atoms with Crippen molar-refractivity contribution in [1.29, 1.82) is 0 Å². The zero-order valence-electron chi connectivity index (χ0n) is 14.1. The van der Waals surface area contributed by atoms with Gasteiger partial charge in [-0.2, -0.15) is 0 Å². The number of nitrogens with zero attached hydrogens (tertiary/aromatic N) is 1. The smallest absolute Gasteiger partial charge is 0.407 e. The quantitative estimate of drug-likeness (QED) is 0.814. The number of carbonyl (C=O) groups excluding carboxylic acids is 2. The minimum atomic E-state index is -0.440. The number of aldehydes is 1. The zero-order chi connectivity index (χ0) is 16.2. The Morgan fingerprint density at radius 2 is 1.68 bits per heavy atom. The Morgan fingerprint density at radius 3 is 2.18 bits per heavy atom. The molecule has 5 heteroatoms. The summed E-state index contributed by atoms with van der Waals surface area (Å²) in [5, 5.41) is 2.99. The molecule has 1 saturated heterocycles. The van der Waals surface area contributed by atoms with E-state index in [9.17, 15) is 9.59 Å². The summed E-state index contributed by atoms with van der Waals surface area (Å²) in [6.45, 7) is 7.72. The molecule has 1 aliphatic carbocycles. The minimum absolute atomic E-state index is 0.235. The summed E-state index contributed by atoms with van der Waals surface area (Å²) >= 11 is 0. The number of piperidine rings is 1. The molecule has 0 aromatic heterocycles. The fourth-order valence-corrected chi connectivity index (χ4v) is 3.48. The lowest BCUT2D eigenvalue weighted by atomic mass is 9.88. The van der Waals surface area contributed by atoms with Crippen molar-refractivity contribution in [2.24, 2.45) is 5.92 Å². The van der Waals surface area contributed by atoms with Gasteiger partial charge in [0.15, 0.2) is 0 Å². The Balaban J connectivity index is 1.70. The molecule has 0 unspecified atom stereocenters. The molecule has 1 heterocycles. The number of nitrogens with one attached hydrogen (secondary N) is 1. The first-order valence-corrected chi connectivity index (χ1v) is 8.56. The number of likely N-dealkylation sites (tertiary alicyclic amines) is 1. The molecule has 2 fully saturated rings. The maximum atomic E-state index is 11.8. The van der Waals surface area contributed by atoms with Crippen LogP contribution >= 0.6 is 0 Å². The van der Waals surface area contributed by atoms with Gasteiger partial charge in [0, 0.05) is 18.0 Å². The highest BCUT2D eigenvalue weighted by molar-refractivity contribution is 5.68. The Hall–Kier alpha value is -1.10. The largest absolute Gasteiger partial charge is 0.444 e. The van der Waals surface area contributed by atoms with Crippen LogP contribution < -0.4 is 5.32 Å². The molecule has 1 N–H and O–H groups in total. The van der Waals surface area contributed by atoms with Crippen molar-refractivity contribution in [1.82, 2.24) is 10.2 Å². The van der Waals surface area contributed by atoms with Crippen molar-refractivity contribution < 1.29 is 14.3 Å². The van der Waals surface area contributed by atoms with Crippen LogP contribution in [0.5, 0.6) is 0 Å². The Bertz CT molecular complexity index is 376. The highest BCUT2D eigenvalue weighted by Gasteiger charge is 2.30. The van der Waals surface area contributed by atoms with E-state index in [0.29, 0.717) is 6.04 Å². The van der Waals surface area contributed by atoms with E-state index in [-0.39, 0.29) is 18.1 Å². The van der Waals surface area contributed by atoms with E-state index in [2.05, 4.69) is 10.2 Å². The second kappa shape index (κ2) is 7.44. The van der Waals surface area contributed by atoms with Crippen LogP contribution in [0.25, 0.3) is 0 Å². The van der Waals surface area contributed by atoms with Crippen LogP contribution in [0, 0.1) is 5.92 Å². The summed E-state index contributed by atoms with van der Waals surface area (Å²) in [6, 6.07) is 0.850. The molecule has 2 rings (SSSR count). The molecule has 5 nitrogen and oxygen atoms in total. The van der Waals surface area contributed by atoms with Crippen molar-refractivity contribution in [2.45, 2.75) is 77.0 Å². The van der Waals surface area contributed by atoms with E-state index >= 15 is 0 Å². The predicted molar refractivity (Wildman–Crippen MR) is 85.8 cm³/mol. The van der Waals surface area contributed by atoms with Crippen LogP contribution in [0.1, 0.15) is 59.3 Å². The van der Waals surface area contributed by atoms with E-state index in [4.69, 9.17) is 4.74 Å². The van der Waals surface area contributed by atoms with Gasteiger partial charge in [0.2, 0.25) is 0 Å². The monoisotopic (exact) mass is 310 g/mol. The molecule has 0 aromatic carbocycles. The SMILES string of the molecule is CC(C)(C)OC(=O)NC1CCC(N2CCC(C=O)CC2)CC1. The van der Waals surface area contributed by atoms with Gasteiger partial charge in [-0.15, -0.1) is 0 Å². The van der Waals surface area contributed by atoms with Crippen molar-refractivity contribution in [3.63, 3.8) is 0 Å². The topological polar surface area (TPSA) is 58.6 Å². The minimum Gasteiger partial charge on any atom is -0.444 e. The number of ether oxygens (including phenoxy) is 1. The summed E-state index contributed by atoms with van der Waals surface area (Å²) in [4.78, 5) is 25.2. The maximum Gasteiger partial charge on any atom is 0.407 e. The Morgan fingerprint density at radius 1 is 1.09 bits per heavy atom. The van der Waals surface area contributed by atoms with Gasteiger partial charge in [-0.3, -0.25) is 0 Å². The summed E-state index contributed by atoms with van der Waals surface area (Å²) in [6.07, 6.45) is 7.06. The normalized spacial score (nSPS) is 28.1. The first-order chi connectivity index (χ1) is 10.4. The van der Waals surface area contributed by atoms with E-state index in [1.165, 1.54) is 0 Å². The van der Waals surface area contributed by atoms with Gasteiger partial charge in [-0.1, -0.05) is 0 Å². The van der Waals surface area contributed by atoms with Crippen LogP contribution in [0.2, 0.25) is 0 Å². The number of rotatable bonds is 3. The summed E-state index contributed by atoms with van der Waals surface area (Å²) in [5.74, 6) is 0.265. The fourth-order valence-electron chi connectivity index (χ4n) is 3.48. The molecule has 1 aliphatic heterocycles. The molecule has 2 aliphatic rings. The number of hydrogen-bond acceptors (Lipinski definition) is 4. The molecule has 0 aromatic rings. The third-order valence-corrected chi connectivity index (χ3v) is 4.70. The van der Waals surface area contributed by atoms with Gasteiger partial charge < -0.3 is 19.7 Å². The van der Waals surface area contributed by atoms with E-state index < -0.39 is 5.60 Å². The lowest BCUT2D eigenvalue weighted by molar-refractivity contribution is -0.112. The van der Waals surface area contributed by atoms with Crippen molar-refractivity contribution in [3.05, 3.63) is 0 Å². The highest BCUT2D eigenvalue weighted by Crippen LogP contribution is 2.27. The summed E-state index contributed by atoms with van der Waals surface area (Å²) < 4.78 is 5.31. The van der Waals surface area contributed by atoms with Crippen LogP contribution in [0.4, 0.5) is 4.79 Å². The second-order valence-electron chi connectivity index (χ2n) is 7.66. The Kier molecular flexibility index (Phi) is 5.84. The lowest BCUT2D eigenvalue weighted by Gasteiger charge is -2.40. The molecular weight excluding hydrogens is 280 g/mol. The molecule has 0 spiro atoms. The second-order valence-corrected chi connectivity index (χ2v) is 7.66. The fraction of sp³-hybridized carbons (Fsp3) is 0.882. The summed E-state index contributed by atoms with van der Waals surface area (Å²) in [5.41, 5.74) is -0.440. The van der Waals surface area contributed by atoms with Crippen molar-refractivity contribution >= 4 is 12.4 Å². The number of hydrogen-bond donors (Lipinski definition) is 1. The van der Waals surface area contributed by atoms with Gasteiger partial charge in [0.05, 0.1) is 0 Å². The molecule has 1 amide bonds. The van der Waals surface area contributed by atoms with Gasteiger partial charge in [-0.05, 0) is 72.4 Å². The van der Waals surface area contributed by atoms with Crippen molar-refractivity contribution in [3.8, 4) is 0 Å². The summed E-state index contributed by atoms with van der Waals surface area (Å²) in [7, 11) is 0. The molecule has 126 valence electrons. The molecule has 1 saturated carbocycles. The van der Waals surface area contributed by atoms with Crippen LogP contribution in [0.15, 0.2) is 0 Å². The van der Waals surface area contributed by atoms with Gasteiger partial charge in [0.25, 0.3) is 0 Å². The predicted octanol–water partition coefficient (Wildman–Crippen LogP) is 2.73. The average Bonchev–Trinajstić information content (AvgIpc) is 2.46. The maximum absolute atomic E-state index is 11.8. The Labute approximate surface area is 133 Å². The average molecular weight is 310 g/mol. The number of amides is 1. The lowest BCUT2D eigenvalue weighted by Crippen LogP contribution is -2.47. The van der Waals surface area contributed by atoms with Crippen LogP contribution in [-0.2, 0) is 9.53 Å². The van der Waals surface area contributed by atoms with E-state index in [0.717, 1.165) is 57.9 Å². The van der Waals surface area contributed by atoms with Crippen LogP contribution in [0.3, 0.4) is 0 Å². The van der Waals surface area contributed by atoms with Gasteiger partial charge >= 0.3 is 6.09 Å². The van der Waals surface area contributed by atoms with Crippen LogP contribution in [-0.4, -0.2) is 48.1 Å². The van der Waals surface area contributed by atoms with Gasteiger partial charge in [0.1, 0.15) is 11.9 Å².